The van der Waals surface area contributed by atoms with Crippen LogP contribution in [-0.2, 0) is 0 Å². The lowest BCUT2D eigenvalue weighted by molar-refractivity contribution is 0.173. The number of ether oxygens (including phenoxy) is 2. The molecular formula is C10H6BrFN2O3. The lowest BCUT2D eigenvalue weighted by Crippen LogP contribution is -1.93. The molecular weight excluding hydrogens is 295 g/mol. The van der Waals surface area contributed by atoms with Crippen molar-refractivity contribution in [3.63, 3.8) is 0 Å². The lowest BCUT2D eigenvalue weighted by Gasteiger charge is -2.05. The van der Waals surface area contributed by atoms with E-state index >= 15 is 0 Å². The van der Waals surface area contributed by atoms with Crippen molar-refractivity contribution in [2.24, 2.45) is 0 Å². The summed E-state index contributed by atoms with van der Waals surface area (Å²) < 4.78 is 29.4. The average molecular weight is 301 g/mol. The van der Waals surface area contributed by atoms with Crippen molar-refractivity contribution in [3.8, 4) is 22.8 Å². The Morgan fingerprint density at radius 3 is 2.88 bits per heavy atom. The highest BCUT2D eigenvalue weighted by atomic mass is 79.9. The van der Waals surface area contributed by atoms with E-state index in [2.05, 4.69) is 21.1 Å². The fourth-order valence-corrected chi connectivity index (χ4v) is 2.32. The third kappa shape index (κ3) is 1.54. The van der Waals surface area contributed by atoms with Crippen LogP contribution in [0.2, 0.25) is 0 Å². The first-order valence-corrected chi connectivity index (χ1v) is 5.46. The predicted octanol–water partition coefficient (Wildman–Crippen LogP) is 2.55. The first kappa shape index (κ1) is 10.4. The van der Waals surface area contributed by atoms with Crippen LogP contribution in [0.1, 0.15) is 0 Å². The highest BCUT2D eigenvalue weighted by Crippen LogP contribution is 2.46. The van der Waals surface area contributed by atoms with E-state index in [-0.39, 0.29) is 18.2 Å². The number of fused-ring (bicyclic) bond motifs is 1. The summed E-state index contributed by atoms with van der Waals surface area (Å²) in [6, 6.07) is 2.68. The molecule has 0 bridgehead atoms. The van der Waals surface area contributed by atoms with E-state index in [0.29, 0.717) is 21.7 Å². The number of nitrogen functional groups attached to an aromatic ring is 1. The van der Waals surface area contributed by atoms with Gasteiger partial charge in [0.05, 0.1) is 10.0 Å². The fourth-order valence-electron chi connectivity index (χ4n) is 1.61. The van der Waals surface area contributed by atoms with Crippen LogP contribution in [0.5, 0.6) is 11.5 Å². The maximum Gasteiger partial charge on any atom is 0.231 e. The molecule has 0 radical (unpaired) electrons. The molecule has 0 aliphatic carbocycles. The van der Waals surface area contributed by atoms with Gasteiger partial charge in [0.2, 0.25) is 12.7 Å². The largest absolute Gasteiger partial charge is 0.453 e. The lowest BCUT2D eigenvalue weighted by atomic mass is 10.1. The molecule has 1 aromatic carbocycles. The van der Waals surface area contributed by atoms with Gasteiger partial charge in [0.1, 0.15) is 11.5 Å². The van der Waals surface area contributed by atoms with Crippen LogP contribution >= 0.6 is 15.9 Å². The van der Waals surface area contributed by atoms with Gasteiger partial charge in [-0.15, -0.1) is 0 Å². The number of aromatic nitrogens is 1. The predicted molar refractivity (Wildman–Crippen MR) is 60.1 cm³/mol. The quantitative estimate of drug-likeness (QED) is 0.876. The molecule has 5 nitrogen and oxygen atoms in total. The van der Waals surface area contributed by atoms with Crippen LogP contribution in [0.25, 0.3) is 11.3 Å². The molecule has 0 amide bonds. The maximum absolute atomic E-state index is 13.9. The minimum absolute atomic E-state index is 0.0672. The van der Waals surface area contributed by atoms with E-state index in [9.17, 15) is 4.39 Å². The van der Waals surface area contributed by atoms with Gasteiger partial charge < -0.3 is 19.7 Å². The SMILES string of the molecule is Nc1cc(-c2c(F)cc3c(c2Br)OCO3)no1. The van der Waals surface area contributed by atoms with Gasteiger partial charge in [0, 0.05) is 12.1 Å². The molecule has 1 aliphatic heterocycles. The topological polar surface area (TPSA) is 70.5 Å². The van der Waals surface area contributed by atoms with Gasteiger partial charge in [-0.25, -0.2) is 4.39 Å². The average Bonchev–Trinajstić information content (AvgIpc) is 2.87. The molecule has 0 atom stereocenters. The molecule has 1 aromatic heterocycles. The third-order valence-corrected chi connectivity index (χ3v) is 3.10. The van der Waals surface area contributed by atoms with E-state index in [4.69, 9.17) is 19.7 Å². The van der Waals surface area contributed by atoms with E-state index in [1.165, 1.54) is 12.1 Å². The summed E-state index contributed by atoms with van der Waals surface area (Å²) in [5, 5.41) is 3.67. The van der Waals surface area contributed by atoms with Gasteiger partial charge in [-0.3, -0.25) is 0 Å². The monoisotopic (exact) mass is 300 g/mol. The Labute approximate surface area is 103 Å². The molecule has 17 heavy (non-hydrogen) atoms. The molecule has 2 N–H and O–H groups in total. The summed E-state index contributed by atoms with van der Waals surface area (Å²) in [4.78, 5) is 0. The van der Waals surface area contributed by atoms with Crippen LogP contribution in [0.15, 0.2) is 21.1 Å². The summed E-state index contributed by atoms with van der Waals surface area (Å²) >= 11 is 3.26. The van der Waals surface area contributed by atoms with Crippen LogP contribution in [-0.4, -0.2) is 11.9 Å². The van der Waals surface area contributed by atoms with Gasteiger partial charge in [-0.05, 0) is 15.9 Å². The summed E-state index contributed by atoms with van der Waals surface area (Å²) in [5.74, 6) is 0.427. The summed E-state index contributed by atoms with van der Waals surface area (Å²) in [7, 11) is 0. The number of hydrogen-bond acceptors (Lipinski definition) is 5. The first-order chi connectivity index (χ1) is 8.16. The number of nitrogens with zero attached hydrogens (tertiary/aromatic N) is 1. The number of hydrogen-bond donors (Lipinski definition) is 1. The van der Waals surface area contributed by atoms with Gasteiger partial charge >= 0.3 is 0 Å². The molecule has 7 heteroatoms. The number of anilines is 1. The van der Waals surface area contributed by atoms with Gasteiger partial charge in [0.15, 0.2) is 11.5 Å². The van der Waals surface area contributed by atoms with Crippen molar-refractivity contribution >= 4 is 21.8 Å². The highest BCUT2D eigenvalue weighted by Gasteiger charge is 2.25. The zero-order valence-electron chi connectivity index (χ0n) is 8.37. The second kappa shape index (κ2) is 3.63. The van der Waals surface area contributed by atoms with Gasteiger partial charge in [0.25, 0.3) is 0 Å². The van der Waals surface area contributed by atoms with Crippen molar-refractivity contribution in [2.45, 2.75) is 0 Å². The smallest absolute Gasteiger partial charge is 0.231 e. The Bertz CT molecular complexity index is 599. The maximum atomic E-state index is 13.9. The van der Waals surface area contributed by atoms with Crippen LogP contribution in [0.3, 0.4) is 0 Å². The Kier molecular flexibility index (Phi) is 2.22. The molecule has 0 spiro atoms. The molecule has 0 saturated heterocycles. The van der Waals surface area contributed by atoms with E-state index < -0.39 is 5.82 Å². The van der Waals surface area contributed by atoms with Gasteiger partial charge in [-0.2, -0.15) is 0 Å². The number of rotatable bonds is 1. The minimum atomic E-state index is -0.491. The van der Waals surface area contributed by atoms with Crippen molar-refractivity contribution in [1.82, 2.24) is 5.16 Å². The Balaban J connectivity index is 2.23. The highest BCUT2D eigenvalue weighted by molar-refractivity contribution is 9.10. The summed E-state index contributed by atoms with van der Waals surface area (Å²) in [5.41, 5.74) is 5.93. The second-order valence-electron chi connectivity index (χ2n) is 3.40. The molecule has 2 heterocycles. The normalized spacial score (nSPS) is 13.1. The zero-order valence-corrected chi connectivity index (χ0v) is 9.95. The Morgan fingerprint density at radius 2 is 2.18 bits per heavy atom. The van der Waals surface area contributed by atoms with Crippen LogP contribution in [0, 0.1) is 5.82 Å². The molecule has 1 aliphatic rings. The van der Waals surface area contributed by atoms with Crippen LogP contribution < -0.4 is 15.2 Å². The molecule has 0 unspecified atom stereocenters. The van der Waals surface area contributed by atoms with E-state index in [1.54, 1.807) is 0 Å². The number of halogens is 2. The van der Waals surface area contributed by atoms with Gasteiger partial charge in [-0.1, -0.05) is 5.16 Å². The van der Waals surface area contributed by atoms with Crippen LogP contribution in [0.4, 0.5) is 10.3 Å². The van der Waals surface area contributed by atoms with Crippen molar-refractivity contribution in [1.29, 1.82) is 0 Å². The summed E-state index contributed by atoms with van der Waals surface area (Å²) in [6.07, 6.45) is 0. The minimum Gasteiger partial charge on any atom is -0.453 e. The number of benzene rings is 1. The van der Waals surface area contributed by atoms with Crippen molar-refractivity contribution < 1.29 is 18.4 Å². The molecule has 88 valence electrons. The molecule has 3 rings (SSSR count). The molecule has 0 fully saturated rings. The van der Waals surface area contributed by atoms with Crippen molar-refractivity contribution in [2.75, 3.05) is 12.5 Å². The fraction of sp³-hybridized carbons (Fsp3) is 0.100. The first-order valence-electron chi connectivity index (χ1n) is 4.67. The van der Waals surface area contributed by atoms with E-state index in [0.717, 1.165) is 0 Å². The third-order valence-electron chi connectivity index (χ3n) is 2.34. The Hall–Kier alpha value is -1.76. The standard InChI is InChI=1S/C10H6BrFN2O3/c11-9-8(5-2-7(13)17-14-5)4(12)1-6-10(9)16-3-15-6/h1-2H,3,13H2. The van der Waals surface area contributed by atoms with E-state index in [1.807, 2.05) is 0 Å². The van der Waals surface area contributed by atoms with Crippen molar-refractivity contribution in [3.05, 3.63) is 22.4 Å². The zero-order chi connectivity index (χ0) is 12.0. The molecule has 2 aromatic rings. The Morgan fingerprint density at radius 1 is 1.35 bits per heavy atom. The second-order valence-corrected chi connectivity index (χ2v) is 4.19. The summed E-state index contributed by atoms with van der Waals surface area (Å²) in [6.45, 7) is 0.0672. The molecule has 0 saturated carbocycles. The number of nitrogens with two attached hydrogens (primary N) is 1.